The number of aryl methyl sites for hydroxylation is 1. The van der Waals surface area contributed by atoms with Gasteiger partial charge in [0.05, 0.1) is 38.8 Å². The first-order valence-electron chi connectivity index (χ1n) is 8.70. The van der Waals surface area contributed by atoms with Crippen molar-refractivity contribution in [2.24, 2.45) is 13.0 Å². The van der Waals surface area contributed by atoms with Gasteiger partial charge in [0.2, 0.25) is 5.88 Å². The summed E-state index contributed by atoms with van der Waals surface area (Å²) < 4.78 is 18.1. The number of rotatable bonds is 7. The normalized spacial score (nSPS) is 18.2. The molecule has 1 saturated carbocycles. The Labute approximate surface area is 157 Å². The summed E-state index contributed by atoms with van der Waals surface area (Å²) in [6, 6.07) is 4.23. The van der Waals surface area contributed by atoms with E-state index in [-0.39, 0.29) is 6.01 Å². The predicted molar refractivity (Wildman–Crippen MR) is 97.9 cm³/mol. The van der Waals surface area contributed by atoms with Gasteiger partial charge in [-0.1, -0.05) is 0 Å². The van der Waals surface area contributed by atoms with Gasteiger partial charge in [0, 0.05) is 42.5 Å². The van der Waals surface area contributed by atoms with E-state index in [1.54, 1.807) is 30.4 Å². The second-order valence-electron chi connectivity index (χ2n) is 6.51. The molecule has 4 rings (SSSR count). The van der Waals surface area contributed by atoms with Crippen LogP contribution >= 0.6 is 0 Å². The third kappa shape index (κ3) is 3.69. The maximum atomic E-state index is 6.04. The minimum atomic E-state index is 0.279. The largest absolute Gasteiger partial charge is 0.495 e. The molecular formula is C19H21N5O3. The molecule has 140 valence electrons. The van der Waals surface area contributed by atoms with E-state index in [0.717, 1.165) is 29.0 Å². The van der Waals surface area contributed by atoms with Gasteiger partial charge in [-0.05, 0) is 18.6 Å². The van der Waals surface area contributed by atoms with E-state index in [1.165, 1.54) is 7.11 Å². The summed E-state index contributed by atoms with van der Waals surface area (Å²) in [4.78, 5) is 13.0. The highest BCUT2D eigenvalue weighted by atomic mass is 16.5. The lowest BCUT2D eigenvalue weighted by atomic mass is 10.2. The van der Waals surface area contributed by atoms with Crippen molar-refractivity contribution >= 4 is 0 Å². The number of aromatic nitrogens is 5. The second kappa shape index (κ2) is 7.22. The molecule has 0 amide bonds. The Hall–Kier alpha value is -3.16. The highest BCUT2D eigenvalue weighted by Gasteiger charge is 2.40. The van der Waals surface area contributed by atoms with E-state index in [4.69, 9.17) is 14.2 Å². The van der Waals surface area contributed by atoms with Crippen LogP contribution < -0.4 is 14.2 Å². The summed E-state index contributed by atoms with van der Waals surface area (Å²) in [5, 5.41) is 4.21. The molecule has 3 aromatic rings. The van der Waals surface area contributed by atoms with Crippen LogP contribution in [0.1, 0.15) is 18.0 Å². The third-order valence-electron chi connectivity index (χ3n) is 4.66. The highest BCUT2D eigenvalue weighted by Crippen LogP contribution is 2.47. The summed E-state index contributed by atoms with van der Waals surface area (Å²) in [6.07, 6.45) is 8.16. The van der Waals surface area contributed by atoms with E-state index >= 15 is 0 Å². The number of hydrogen-bond donors (Lipinski definition) is 0. The Balaban J connectivity index is 1.46. The van der Waals surface area contributed by atoms with Gasteiger partial charge < -0.3 is 14.2 Å². The van der Waals surface area contributed by atoms with E-state index in [1.807, 2.05) is 25.4 Å². The number of methoxy groups -OCH3 is 2. The molecule has 3 aromatic heterocycles. The first-order valence-corrected chi connectivity index (χ1v) is 8.70. The maximum absolute atomic E-state index is 6.04. The average molecular weight is 367 g/mol. The van der Waals surface area contributed by atoms with Crippen LogP contribution in [0.25, 0.3) is 11.1 Å². The van der Waals surface area contributed by atoms with Crippen molar-refractivity contribution in [3.05, 3.63) is 42.6 Å². The molecule has 2 atom stereocenters. The molecule has 1 aliphatic rings. The zero-order valence-corrected chi connectivity index (χ0v) is 15.5. The van der Waals surface area contributed by atoms with Crippen molar-refractivity contribution in [1.82, 2.24) is 24.7 Å². The van der Waals surface area contributed by atoms with E-state index in [9.17, 15) is 0 Å². The fourth-order valence-electron chi connectivity index (χ4n) is 3.03. The smallest absolute Gasteiger partial charge is 0.319 e. The topological polar surface area (TPSA) is 84.2 Å². The molecule has 3 heterocycles. The molecule has 0 aromatic carbocycles. The van der Waals surface area contributed by atoms with E-state index in [2.05, 4.69) is 20.1 Å². The Kier molecular flexibility index (Phi) is 4.62. The molecule has 8 nitrogen and oxygen atoms in total. The quantitative estimate of drug-likeness (QED) is 0.634. The molecule has 1 unspecified atom stereocenters. The maximum Gasteiger partial charge on any atom is 0.319 e. The Morgan fingerprint density at radius 2 is 2.00 bits per heavy atom. The van der Waals surface area contributed by atoms with Gasteiger partial charge >= 0.3 is 6.01 Å². The number of hydrogen-bond acceptors (Lipinski definition) is 7. The summed E-state index contributed by atoms with van der Waals surface area (Å²) >= 11 is 0. The van der Waals surface area contributed by atoms with Crippen LogP contribution in [-0.4, -0.2) is 45.6 Å². The van der Waals surface area contributed by atoms with Crippen LogP contribution in [0, 0.1) is 5.92 Å². The Bertz CT molecular complexity index is 925. The predicted octanol–water partition coefficient (Wildman–Crippen LogP) is 2.47. The van der Waals surface area contributed by atoms with Crippen molar-refractivity contribution in [3.63, 3.8) is 0 Å². The van der Waals surface area contributed by atoms with Crippen LogP contribution in [0.5, 0.6) is 17.6 Å². The fourth-order valence-corrected chi connectivity index (χ4v) is 3.03. The number of nitrogens with zero attached hydrogens (tertiary/aromatic N) is 5. The molecule has 0 spiro atoms. The van der Waals surface area contributed by atoms with Crippen LogP contribution in [-0.2, 0) is 7.05 Å². The fraction of sp³-hybridized carbons (Fsp3) is 0.368. The SMILES string of the molecule is COc1ccc(C2C[C@@H]2COc2nc(OC)ncc2-c2cnn(C)c2)nc1. The molecule has 1 fully saturated rings. The van der Waals surface area contributed by atoms with Gasteiger partial charge in [0.1, 0.15) is 5.75 Å². The summed E-state index contributed by atoms with van der Waals surface area (Å²) in [7, 11) is 5.04. The molecule has 8 heteroatoms. The molecule has 0 aliphatic heterocycles. The lowest BCUT2D eigenvalue weighted by molar-refractivity contribution is 0.278. The molecule has 1 aliphatic carbocycles. The van der Waals surface area contributed by atoms with Crippen molar-refractivity contribution in [2.45, 2.75) is 12.3 Å². The van der Waals surface area contributed by atoms with Crippen molar-refractivity contribution in [1.29, 1.82) is 0 Å². The summed E-state index contributed by atoms with van der Waals surface area (Å²) in [5.74, 6) is 2.08. The monoisotopic (exact) mass is 367 g/mol. The minimum Gasteiger partial charge on any atom is -0.495 e. The van der Waals surface area contributed by atoms with Gasteiger partial charge in [-0.3, -0.25) is 9.67 Å². The highest BCUT2D eigenvalue weighted by molar-refractivity contribution is 5.66. The summed E-state index contributed by atoms with van der Waals surface area (Å²) in [5.41, 5.74) is 2.76. The lowest BCUT2D eigenvalue weighted by Gasteiger charge is -2.10. The lowest BCUT2D eigenvalue weighted by Crippen LogP contribution is -2.05. The number of ether oxygens (including phenoxy) is 3. The van der Waals surface area contributed by atoms with Gasteiger partial charge in [0.15, 0.2) is 0 Å². The van der Waals surface area contributed by atoms with E-state index in [0.29, 0.717) is 24.3 Å². The molecule has 0 radical (unpaired) electrons. The third-order valence-corrected chi connectivity index (χ3v) is 4.66. The van der Waals surface area contributed by atoms with Crippen molar-refractivity contribution in [3.8, 4) is 28.8 Å². The minimum absolute atomic E-state index is 0.279. The molecule has 0 saturated heterocycles. The molecule has 27 heavy (non-hydrogen) atoms. The van der Waals surface area contributed by atoms with Crippen molar-refractivity contribution in [2.75, 3.05) is 20.8 Å². The second-order valence-corrected chi connectivity index (χ2v) is 6.51. The van der Waals surface area contributed by atoms with Gasteiger partial charge in [-0.15, -0.1) is 0 Å². The van der Waals surface area contributed by atoms with Crippen molar-refractivity contribution < 1.29 is 14.2 Å². The molecule has 0 bridgehead atoms. The van der Waals surface area contributed by atoms with Gasteiger partial charge in [-0.2, -0.15) is 10.1 Å². The first kappa shape index (κ1) is 17.3. The van der Waals surface area contributed by atoms with Crippen LogP contribution in [0.3, 0.4) is 0 Å². The molecular weight excluding hydrogens is 346 g/mol. The Morgan fingerprint density at radius 3 is 2.67 bits per heavy atom. The zero-order valence-electron chi connectivity index (χ0n) is 15.5. The van der Waals surface area contributed by atoms with Crippen LogP contribution in [0.15, 0.2) is 36.9 Å². The van der Waals surface area contributed by atoms with Gasteiger partial charge in [0.25, 0.3) is 0 Å². The Morgan fingerprint density at radius 1 is 1.11 bits per heavy atom. The van der Waals surface area contributed by atoms with Crippen LogP contribution in [0.2, 0.25) is 0 Å². The first-order chi connectivity index (χ1) is 13.2. The standard InChI is InChI=1S/C19H21N5O3/c1-24-10-13(7-22-24)16-9-21-19(26-3)23-18(16)27-11-12-6-15(12)17-5-4-14(25-2)8-20-17/h4-5,7-10,12,15H,6,11H2,1-3H3/t12-,15?/m1/s1. The molecule has 0 N–H and O–H groups in total. The summed E-state index contributed by atoms with van der Waals surface area (Å²) in [6.45, 7) is 0.561. The average Bonchev–Trinajstić information content (AvgIpc) is 3.37. The zero-order chi connectivity index (χ0) is 18.8. The number of pyridine rings is 1. The van der Waals surface area contributed by atoms with Crippen LogP contribution in [0.4, 0.5) is 0 Å². The van der Waals surface area contributed by atoms with E-state index < -0.39 is 0 Å². The van der Waals surface area contributed by atoms with Gasteiger partial charge in [-0.25, -0.2) is 4.98 Å².